The normalized spacial score (nSPS) is 11.5. The fourth-order valence-electron chi connectivity index (χ4n) is 3.41. The summed E-state index contributed by atoms with van der Waals surface area (Å²) < 4.78 is 39.9. The maximum absolute atomic E-state index is 5.61. The Balaban J connectivity index is 3.00. The lowest BCUT2D eigenvalue weighted by atomic mass is 10.1. The van der Waals surface area contributed by atoms with Crippen LogP contribution in [-0.2, 0) is 33.2 Å². The van der Waals surface area contributed by atoms with E-state index >= 15 is 0 Å². The summed E-state index contributed by atoms with van der Waals surface area (Å²) in [6, 6.07) is 0. The van der Waals surface area contributed by atoms with Gasteiger partial charge in [-0.25, -0.2) is 0 Å². The Bertz CT molecular complexity index is 344. The zero-order valence-electron chi connectivity index (χ0n) is 23.3. The van der Waals surface area contributed by atoms with Crippen molar-refractivity contribution in [3.63, 3.8) is 0 Å². The predicted octanol–water partition coefficient (Wildman–Crippen LogP) is 6.24. The molecule has 7 nitrogen and oxygen atoms in total. The van der Waals surface area contributed by atoms with E-state index in [1.165, 1.54) is 68.6 Å². The third-order valence-electron chi connectivity index (χ3n) is 5.55. The second kappa shape index (κ2) is 35.5. The number of alkyl halides is 1. The highest BCUT2D eigenvalue weighted by molar-refractivity contribution is 14.1. The van der Waals surface area contributed by atoms with Gasteiger partial charge in [0.05, 0.1) is 79.3 Å². The van der Waals surface area contributed by atoms with E-state index in [-0.39, 0.29) is 0 Å². The van der Waals surface area contributed by atoms with Crippen LogP contribution in [0.1, 0.15) is 84.0 Å². The molecule has 0 radical (unpaired) electrons. The van der Waals surface area contributed by atoms with Crippen LogP contribution >= 0.6 is 22.6 Å². The largest absolute Gasteiger partial charge is 0.379 e. The van der Waals surface area contributed by atoms with E-state index in [0.717, 1.165) is 26.1 Å². The van der Waals surface area contributed by atoms with Gasteiger partial charge in [-0.1, -0.05) is 87.3 Å². The zero-order chi connectivity index (χ0) is 26.0. The minimum Gasteiger partial charge on any atom is -0.379 e. The van der Waals surface area contributed by atoms with Crippen LogP contribution in [0.25, 0.3) is 0 Å². The van der Waals surface area contributed by atoms with Crippen molar-refractivity contribution in [1.29, 1.82) is 0 Å². The Kier molecular flexibility index (Phi) is 35.9. The molecule has 0 spiro atoms. The second-order valence-corrected chi connectivity index (χ2v) is 9.94. The molecule has 0 aromatic carbocycles. The molecule has 0 aliphatic carbocycles. The van der Waals surface area contributed by atoms with Crippen molar-refractivity contribution in [2.45, 2.75) is 84.0 Å². The van der Waals surface area contributed by atoms with Gasteiger partial charge in [-0.2, -0.15) is 0 Å². The SMILES string of the molecule is CCCCCCCCCCOCCOCCOCCOCCOCCOCCOCCCCCCI. The summed E-state index contributed by atoms with van der Waals surface area (Å²) in [7, 11) is 0. The highest BCUT2D eigenvalue weighted by atomic mass is 127. The first-order chi connectivity index (χ1) is 17.9. The molecule has 0 unspecified atom stereocenters. The second-order valence-electron chi connectivity index (χ2n) is 8.86. The molecular weight excluding hydrogens is 575 g/mol. The lowest BCUT2D eigenvalue weighted by Crippen LogP contribution is -2.14. The lowest BCUT2D eigenvalue weighted by Gasteiger charge is -2.08. The van der Waals surface area contributed by atoms with Gasteiger partial charge in [-0.15, -0.1) is 0 Å². The van der Waals surface area contributed by atoms with Crippen LogP contribution in [0.4, 0.5) is 0 Å². The Hall–Kier alpha value is 0.450. The highest BCUT2D eigenvalue weighted by Gasteiger charge is 1.96. The van der Waals surface area contributed by atoms with Gasteiger partial charge in [-0.3, -0.25) is 0 Å². The van der Waals surface area contributed by atoms with E-state index < -0.39 is 0 Å². The molecule has 0 N–H and O–H groups in total. The van der Waals surface area contributed by atoms with Crippen LogP contribution in [0.5, 0.6) is 0 Å². The van der Waals surface area contributed by atoms with E-state index in [4.69, 9.17) is 33.2 Å². The average Bonchev–Trinajstić information content (AvgIpc) is 2.89. The number of ether oxygens (including phenoxy) is 7. The summed E-state index contributed by atoms with van der Waals surface area (Å²) >= 11 is 2.43. The fraction of sp³-hybridized carbons (Fsp3) is 1.00. The molecule has 218 valence electrons. The van der Waals surface area contributed by atoms with Crippen molar-refractivity contribution < 1.29 is 33.2 Å². The smallest absolute Gasteiger partial charge is 0.0701 e. The van der Waals surface area contributed by atoms with Gasteiger partial charge in [-0.05, 0) is 23.7 Å². The molecule has 0 fully saturated rings. The number of hydrogen-bond acceptors (Lipinski definition) is 7. The molecule has 0 aliphatic heterocycles. The zero-order valence-corrected chi connectivity index (χ0v) is 25.5. The summed E-state index contributed by atoms with van der Waals surface area (Å²) in [5.41, 5.74) is 0. The van der Waals surface area contributed by atoms with Crippen molar-refractivity contribution in [1.82, 2.24) is 0 Å². The van der Waals surface area contributed by atoms with E-state index in [0.29, 0.717) is 79.3 Å². The van der Waals surface area contributed by atoms with Gasteiger partial charge in [0.2, 0.25) is 0 Å². The van der Waals surface area contributed by atoms with E-state index in [1.54, 1.807) is 0 Å². The van der Waals surface area contributed by atoms with Gasteiger partial charge in [0, 0.05) is 13.2 Å². The molecule has 0 aromatic rings. The maximum Gasteiger partial charge on any atom is 0.0701 e. The summed E-state index contributed by atoms with van der Waals surface area (Å²) in [5, 5.41) is 0. The van der Waals surface area contributed by atoms with Crippen LogP contribution in [0.15, 0.2) is 0 Å². The quantitative estimate of drug-likeness (QED) is 0.0483. The Morgan fingerprint density at radius 3 is 0.861 bits per heavy atom. The Labute approximate surface area is 236 Å². The van der Waals surface area contributed by atoms with Gasteiger partial charge < -0.3 is 33.2 Å². The molecular formula is C28H57IO7. The fourth-order valence-corrected chi connectivity index (χ4v) is 3.95. The molecule has 8 heteroatoms. The van der Waals surface area contributed by atoms with E-state index in [2.05, 4.69) is 29.5 Å². The van der Waals surface area contributed by atoms with Crippen molar-refractivity contribution in [3.05, 3.63) is 0 Å². The number of hydrogen-bond donors (Lipinski definition) is 0. The number of unbranched alkanes of at least 4 members (excludes halogenated alkanes) is 10. The topological polar surface area (TPSA) is 64.6 Å². The first-order valence-corrected chi connectivity index (χ1v) is 16.0. The standard InChI is InChI=1S/C28H57IO7/c1-2-3-4-5-6-7-9-12-15-30-17-19-32-21-23-34-25-27-36-28-26-35-24-22-33-20-18-31-16-13-10-8-11-14-29/h2-28H2,1H3. The third-order valence-corrected chi connectivity index (χ3v) is 6.31. The van der Waals surface area contributed by atoms with Gasteiger partial charge in [0.25, 0.3) is 0 Å². The lowest BCUT2D eigenvalue weighted by molar-refractivity contribution is -0.0206. The molecule has 0 rings (SSSR count). The summed E-state index contributed by atoms with van der Waals surface area (Å²) in [6.45, 7) is 11.1. The first-order valence-electron chi connectivity index (χ1n) is 14.5. The molecule has 0 bridgehead atoms. The van der Waals surface area contributed by atoms with Crippen molar-refractivity contribution >= 4 is 22.6 Å². The van der Waals surface area contributed by atoms with Gasteiger partial charge >= 0.3 is 0 Å². The highest BCUT2D eigenvalue weighted by Crippen LogP contribution is 2.08. The Morgan fingerprint density at radius 2 is 0.556 bits per heavy atom. The minimum absolute atomic E-state index is 0.566. The predicted molar refractivity (Wildman–Crippen MR) is 156 cm³/mol. The molecule has 0 heterocycles. The van der Waals surface area contributed by atoms with E-state index in [9.17, 15) is 0 Å². The molecule has 36 heavy (non-hydrogen) atoms. The number of rotatable bonds is 33. The first kappa shape index (κ1) is 36.5. The van der Waals surface area contributed by atoms with Crippen molar-refractivity contribution in [2.75, 3.05) is 96.9 Å². The van der Waals surface area contributed by atoms with Crippen molar-refractivity contribution in [2.24, 2.45) is 0 Å². The van der Waals surface area contributed by atoms with Crippen LogP contribution < -0.4 is 0 Å². The molecule has 0 amide bonds. The average molecular weight is 633 g/mol. The molecule has 0 saturated carbocycles. The van der Waals surface area contributed by atoms with E-state index in [1.807, 2.05) is 0 Å². The van der Waals surface area contributed by atoms with Gasteiger partial charge in [0.1, 0.15) is 0 Å². The van der Waals surface area contributed by atoms with Gasteiger partial charge in [0.15, 0.2) is 0 Å². The molecule has 0 aliphatic rings. The van der Waals surface area contributed by atoms with Crippen LogP contribution in [-0.4, -0.2) is 96.9 Å². The maximum atomic E-state index is 5.61. The summed E-state index contributed by atoms with van der Waals surface area (Å²) in [6.07, 6.45) is 15.6. The minimum atomic E-state index is 0.566. The monoisotopic (exact) mass is 632 g/mol. The summed E-state index contributed by atoms with van der Waals surface area (Å²) in [4.78, 5) is 0. The van der Waals surface area contributed by atoms with Crippen LogP contribution in [0.2, 0.25) is 0 Å². The molecule has 0 atom stereocenters. The molecule has 0 aromatic heterocycles. The van der Waals surface area contributed by atoms with Crippen LogP contribution in [0, 0.1) is 0 Å². The van der Waals surface area contributed by atoms with Crippen LogP contribution in [0.3, 0.4) is 0 Å². The summed E-state index contributed by atoms with van der Waals surface area (Å²) in [5.74, 6) is 0. The van der Waals surface area contributed by atoms with Crippen molar-refractivity contribution in [3.8, 4) is 0 Å². The molecule has 0 saturated heterocycles. The third kappa shape index (κ3) is 34.5. The number of halogens is 1. The Morgan fingerprint density at radius 1 is 0.306 bits per heavy atom.